The van der Waals surface area contributed by atoms with Crippen LogP contribution in [0.1, 0.15) is 0 Å². The van der Waals surface area contributed by atoms with Gasteiger partial charge in [-0.2, -0.15) is 0 Å². The standard InChI is InChI=1S/8C3H5N3.4CH2BNO2/c8*1-6-3-2-4-5-6;4*3-1-2(4)5/h8*2-3H,1H3;4*4-5H. The predicted octanol–water partition coefficient (Wildman–Crippen LogP) is -7.39. The lowest BCUT2D eigenvalue weighted by Crippen LogP contribution is -2.05. The van der Waals surface area contributed by atoms with Crippen molar-refractivity contribution in [2.45, 2.75) is 0 Å². The number of nitriles is 4. The van der Waals surface area contributed by atoms with Crippen molar-refractivity contribution in [1.29, 1.82) is 21.0 Å². The van der Waals surface area contributed by atoms with Gasteiger partial charge in [0, 0.05) is 106 Å². The molecule has 0 fully saturated rings. The van der Waals surface area contributed by atoms with E-state index in [1.54, 1.807) is 137 Å². The van der Waals surface area contributed by atoms with Gasteiger partial charge in [0.25, 0.3) is 0 Å². The maximum atomic E-state index is 7.56. The normalized spacial score (nSPS) is 7.94. The first kappa shape index (κ1) is 65.6. The summed E-state index contributed by atoms with van der Waals surface area (Å²) < 4.78 is 13.1. The largest absolute Gasteiger partial charge is 0.573 e. The summed E-state index contributed by atoms with van der Waals surface area (Å²) in [6.45, 7) is 0. The van der Waals surface area contributed by atoms with Gasteiger partial charge in [-0.25, -0.2) is 21.0 Å². The zero-order valence-electron chi connectivity index (χ0n) is 37.6. The number of aromatic nitrogens is 24. The minimum absolute atomic E-state index is 1.14. The van der Waals surface area contributed by atoms with Gasteiger partial charge in [-0.05, 0) is 0 Å². The first-order valence-electron chi connectivity index (χ1n) is 17.7. The van der Waals surface area contributed by atoms with Gasteiger partial charge in [0.2, 0.25) is 0 Å². The van der Waals surface area contributed by atoms with E-state index in [1.807, 2.05) is 56.4 Å². The lowest BCUT2D eigenvalue weighted by Gasteiger charge is -1.74. The van der Waals surface area contributed by atoms with E-state index in [9.17, 15) is 0 Å². The molecule has 0 bridgehead atoms. The highest BCUT2D eigenvalue weighted by molar-refractivity contribution is 6.51. The van der Waals surface area contributed by atoms with Crippen molar-refractivity contribution >= 4 is 28.5 Å². The zero-order valence-corrected chi connectivity index (χ0v) is 37.6. The fourth-order valence-corrected chi connectivity index (χ4v) is 2.14. The summed E-state index contributed by atoms with van der Waals surface area (Å²) in [7, 11) is 7.37. The summed E-state index contributed by atoms with van der Waals surface area (Å²) in [6.07, 6.45) is 27.3. The average molecular weight is 948 g/mol. The van der Waals surface area contributed by atoms with Gasteiger partial charge < -0.3 is 40.2 Å². The van der Waals surface area contributed by atoms with Gasteiger partial charge in [0.05, 0.1) is 73.4 Å². The van der Waals surface area contributed by atoms with Crippen LogP contribution in [-0.2, 0) is 56.4 Å². The Kier molecular flexibility index (Phi) is 45.8. The summed E-state index contributed by atoms with van der Waals surface area (Å²) in [5, 5.41) is 147. The molecule has 0 saturated carbocycles. The molecule has 8 aromatic rings. The van der Waals surface area contributed by atoms with Crippen LogP contribution in [0.25, 0.3) is 0 Å². The van der Waals surface area contributed by atoms with E-state index in [1.165, 1.54) is 0 Å². The maximum Gasteiger partial charge on any atom is 0.573 e. The number of rotatable bonds is 0. The molecule has 36 nitrogen and oxygen atoms in total. The van der Waals surface area contributed by atoms with Crippen LogP contribution in [0.15, 0.2) is 99.1 Å². The van der Waals surface area contributed by atoms with Crippen molar-refractivity contribution < 1.29 is 40.2 Å². The Bertz CT molecular complexity index is 1830. The second-order valence-corrected chi connectivity index (χ2v) is 10.6. The molecule has 40 heteroatoms. The third kappa shape index (κ3) is 59.1. The van der Waals surface area contributed by atoms with E-state index < -0.39 is 28.5 Å². The molecule has 0 unspecified atom stereocenters. The van der Waals surface area contributed by atoms with E-state index >= 15 is 0 Å². The molecule has 8 aromatic heterocycles. The minimum atomic E-state index is -1.81. The SMILES string of the molecule is Cn1ccnn1.Cn1ccnn1.Cn1ccnn1.Cn1ccnn1.Cn1ccnn1.Cn1ccnn1.Cn1ccnn1.Cn1ccnn1.N#CB(O)O.N#CB(O)O.N#CB(O)O.N#CB(O)O. The molecule has 0 aliphatic heterocycles. The minimum Gasteiger partial charge on any atom is -0.415 e. The maximum absolute atomic E-state index is 7.56. The van der Waals surface area contributed by atoms with Crippen LogP contribution >= 0.6 is 0 Å². The van der Waals surface area contributed by atoms with Gasteiger partial charge in [0.15, 0.2) is 0 Å². The van der Waals surface area contributed by atoms with Gasteiger partial charge in [-0.1, -0.05) is 41.7 Å². The lowest BCUT2D eigenvalue weighted by molar-refractivity contribution is 0.425. The highest BCUT2D eigenvalue weighted by atomic mass is 16.4. The van der Waals surface area contributed by atoms with E-state index in [0.717, 1.165) is 23.9 Å². The second-order valence-electron chi connectivity index (χ2n) is 10.6. The Morgan fingerprint density at radius 2 is 0.353 bits per heavy atom. The van der Waals surface area contributed by atoms with Crippen LogP contribution in [0, 0.1) is 44.9 Å². The Hall–Kier alpha value is -8.98. The molecule has 360 valence electrons. The van der Waals surface area contributed by atoms with Crippen molar-refractivity contribution in [3.05, 3.63) is 99.1 Å². The van der Waals surface area contributed by atoms with Crippen molar-refractivity contribution in [2.75, 3.05) is 0 Å². The Morgan fingerprint density at radius 1 is 0.265 bits per heavy atom. The van der Waals surface area contributed by atoms with Gasteiger partial charge >= 0.3 is 28.5 Å². The van der Waals surface area contributed by atoms with Crippen molar-refractivity contribution in [3.63, 3.8) is 0 Å². The van der Waals surface area contributed by atoms with Crippen LogP contribution in [0.5, 0.6) is 0 Å². The fourth-order valence-electron chi connectivity index (χ4n) is 2.14. The number of aryl methyl sites for hydroxylation is 8. The molecule has 0 amide bonds. The number of nitrogens with zero attached hydrogens (tertiary/aromatic N) is 28. The molecular weight excluding hydrogens is 900 g/mol. The van der Waals surface area contributed by atoms with Crippen molar-refractivity contribution in [3.8, 4) is 23.9 Å². The monoisotopic (exact) mass is 948 g/mol. The molecule has 8 N–H and O–H groups in total. The van der Waals surface area contributed by atoms with Gasteiger partial charge in [-0.15, -0.1) is 40.8 Å². The van der Waals surface area contributed by atoms with Crippen LogP contribution in [0.4, 0.5) is 0 Å². The van der Waals surface area contributed by atoms with Gasteiger partial charge in [0.1, 0.15) is 0 Å². The summed E-state index contributed by atoms with van der Waals surface area (Å²) in [6, 6.07) is 0. The second kappa shape index (κ2) is 47.5. The smallest absolute Gasteiger partial charge is 0.415 e. The quantitative estimate of drug-likeness (QED) is 0.0655. The molecule has 0 aliphatic carbocycles. The summed E-state index contributed by atoms with van der Waals surface area (Å²) >= 11 is 0. The molecule has 8 rings (SSSR count). The fraction of sp³-hybridized carbons (Fsp3) is 0.286. The molecule has 0 aliphatic rings. The van der Waals surface area contributed by atoms with E-state index in [4.69, 9.17) is 61.2 Å². The van der Waals surface area contributed by atoms with E-state index in [2.05, 4.69) is 82.5 Å². The Morgan fingerprint density at radius 3 is 0.368 bits per heavy atom. The number of hydrogen-bond donors (Lipinski definition) is 8. The summed E-state index contributed by atoms with van der Waals surface area (Å²) in [4.78, 5) is 0. The highest BCUT2D eigenvalue weighted by Crippen LogP contribution is 1.70. The third-order valence-corrected chi connectivity index (χ3v) is 4.80. The van der Waals surface area contributed by atoms with Crippen LogP contribution in [0.3, 0.4) is 0 Å². The summed E-state index contributed by atoms with van der Waals surface area (Å²) in [5.74, 6) is 4.56. The molecule has 0 aromatic carbocycles. The van der Waals surface area contributed by atoms with Crippen molar-refractivity contribution in [1.82, 2.24) is 120 Å². The Balaban J connectivity index is -0.000000329. The lowest BCUT2D eigenvalue weighted by atomic mass is 9.97. The zero-order chi connectivity index (χ0) is 52.4. The summed E-state index contributed by atoms with van der Waals surface area (Å²) in [5.41, 5.74) is 0. The van der Waals surface area contributed by atoms with E-state index in [-0.39, 0.29) is 0 Å². The molecule has 68 heavy (non-hydrogen) atoms. The molecule has 0 saturated heterocycles. The molecule has 8 heterocycles. The first-order valence-corrected chi connectivity index (χ1v) is 17.7. The predicted molar refractivity (Wildman–Crippen MR) is 231 cm³/mol. The number of hydrogen-bond acceptors (Lipinski definition) is 28. The molecule has 0 spiro atoms. The molecular formula is C28H48B4N28O8. The topological polar surface area (TPSA) is 503 Å². The van der Waals surface area contributed by atoms with Gasteiger partial charge in [-0.3, -0.25) is 37.5 Å². The average Bonchev–Trinajstić information content (AvgIpc) is 4.15. The molecule has 0 atom stereocenters. The highest BCUT2D eigenvalue weighted by Gasteiger charge is 2.00. The van der Waals surface area contributed by atoms with Crippen LogP contribution in [-0.4, -0.2) is 189 Å². The van der Waals surface area contributed by atoms with Crippen LogP contribution < -0.4 is 0 Å². The van der Waals surface area contributed by atoms with Crippen molar-refractivity contribution in [2.24, 2.45) is 56.4 Å². The Labute approximate surface area is 388 Å². The molecule has 0 radical (unpaired) electrons. The third-order valence-electron chi connectivity index (χ3n) is 4.80. The van der Waals surface area contributed by atoms with E-state index in [0.29, 0.717) is 0 Å². The van der Waals surface area contributed by atoms with Crippen LogP contribution in [0.2, 0.25) is 0 Å². The first-order chi connectivity index (χ1) is 32.2.